The van der Waals surface area contributed by atoms with Gasteiger partial charge in [-0.05, 0) is 12.1 Å². The van der Waals surface area contributed by atoms with Crippen LogP contribution in [0.3, 0.4) is 0 Å². The van der Waals surface area contributed by atoms with Crippen LogP contribution in [0.15, 0.2) is 29.1 Å². The molecule has 0 saturated heterocycles. The molecule has 2 aromatic rings. The molecule has 1 aromatic heterocycles. The smallest absolute Gasteiger partial charge is 0.287 e. The van der Waals surface area contributed by atoms with Gasteiger partial charge in [0.1, 0.15) is 11.6 Å². The summed E-state index contributed by atoms with van der Waals surface area (Å²) in [6.07, 6.45) is 0.766. The first kappa shape index (κ1) is 13.0. The van der Waals surface area contributed by atoms with E-state index in [0.29, 0.717) is 12.2 Å². The lowest BCUT2D eigenvalue weighted by Crippen LogP contribution is -2.05. The Labute approximate surface area is 113 Å². The molecule has 0 aliphatic rings. The average molecular weight is 274 g/mol. The molecule has 19 heavy (non-hydrogen) atoms. The van der Waals surface area contributed by atoms with E-state index in [1.165, 1.54) is 12.1 Å². The van der Waals surface area contributed by atoms with Gasteiger partial charge in [0.05, 0.1) is 16.1 Å². The number of anilines is 1. The molecule has 0 spiro atoms. The normalized spacial score (nSPS) is 9.84. The van der Waals surface area contributed by atoms with Crippen LogP contribution >= 0.6 is 11.3 Å². The quantitative estimate of drug-likeness (QED) is 0.668. The summed E-state index contributed by atoms with van der Waals surface area (Å²) in [5.74, 6) is 0. The van der Waals surface area contributed by atoms with Crippen molar-refractivity contribution in [2.75, 3.05) is 11.9 Å². The van der Waals surface area contributed by atoms with Crippen LogP contribution in [-0.4, -0.2) is 16.5 Å². The highest BCUT2D eigenvalue weighted by Crippen LogP contribution is 2.21. The molecule has 1 N–H and O–H groups in total. The number of hydrogen-bond donors (Lipinski definition) is 1. The molecule has 0 saturated carbocycles. The van der Waals surface area contributed by atoms with Gasteiger partial charge in [-0.2, -0.15) is 5.26 Å². The van der Waals surface area contributed by atoms with Crippen LogP contribution < -0.4 is 5.32 Å². The number of hydrogen-bond acceptors (Lipinski definition) is 6. The van der Waals surface area contributed by atoms with Crippen LogP contribution in [0.5, 0.6) is 0 Å². The Kier molecular flexibility index (Phi) is 4.05. The molecule has 6 nitrogen and oxygen atoms in total. The Bertz CT molecular complexity index is 619. The van der Waals surface area contributed by atoms with Crippen molar-refractivity contribution in [2.24, 2.45) is 0 Å². The standard InChI is InChI=1S/C12H10N4O2S/c13-6-9-5-10(1-2-12(9)16(17)18)14-4-3-11-7-19-8-15-11/h1-2,5,7-8,14H,3-4H2. The molecule has 1 aromatic carbocycles. The third-order valence-corrected chi connectivity index (χ3v) is 3.14. The van der Waals surface area contributed by atoms with E-state index < -0.39 is 4.92 Å². The Morgan fingerprint density at radius 2 is 2.37 bits per heavy atom. The monoisotopic (exact) mass is 274 g/mol. The number of thiazole rings is 1. The number of nitrogens with zero attached hydrogens (tertiary/aromatic N) is 3. The van der Waals surface area contributed by atoms with Gasteiger partial charge in [-0.1, -0.05) is 0 Å². The number of benzene rings is 1. The van der Waals surface area contributed by atoms with E-state index in [2.05, 4.69) is 10.3 Å². The summed E-state index contributed by atoms with van der Waals surface area (Å²) in [4.78, 5) is 14.3. The number of nitrogens with one attached hydrogen (secondary N) is 1. The average Bonchev–Trinajstić information content (AvgIpc) is 2.91. The molecule has 0 aliphatic carbocycles. The van der Waals surface area contributed by atoms with Crippen molar-refractivity contribution in [3.05, 3.63) is 50.5 Å². The summed E-state index contributed by atoms with van der Waals surface area (Å²) in [6, 6.07) is 6.25. The second-order valence-electron chi connectivity index (χ2n) is 3.76. The summed E-state index contributed by atoms with van der Waals surface area (Å²) in [6.45, 7) is 0.659. The van der Waals surface area contributed by atoms with Gasteiger partial charge < -0.3 is 5.32 Å². The molecule has 7 heteroatoms. The number of rotatable bonds is 5. The maximum Gasteiger partial charge on any atom is 0.287 e. The lowest BCUT2D eigenvalue weighted by atomic mass is 10.1. The molecule has 96 valence electrons. The molecule has 0 amide bonds. The first-order valence-corrected chi connectivity index (χ1v) is 6.44. The van der Waals surface area contributed by atoms with Crippen molar-refractivity contribution in [1.82, 2.24) is 4.98 Å². The van der Waals surface area contributed by atoms with E-state index >= 15 is 0 Å². The first-order valence-electron chi connectivity index (χ1n) is 5.50. The first-order chi connectivity index (χ1) is 9.20. The van der Waals surface area contributed by atoms with Gasteiger partial charge in [-0.3, -0.25) is 10.1 Å². The van der Waals surface area contributed by atoms with Crippen LogP contribution in [0.1, 0.15) is 11.3 Å². The molecular weight excluding hydrogens is 264 g/mol. The predicted octanol–water partition coefficient (Wildman–Crippen LogP) is 2.58. The van der Waals surface area contributed by atoms with E-state index in [9.17, 15) is 10.1 Å². The zero-order valence-corrected chi connectivity index (χ0v) is 10.7. The topological polar surface area (TPSA) is 91.8 Å². The number of nitro groups is 1. The fourth-order valence-electron chi connectivity index (χ4n) is 1.59. The summed E-state index contributed by atoms with van der Waals surface area (Å²) in [7, 11) is 0. The van der Waals surface area contributed by atoms with Gasteiger partial charge in [0.15, 0.2) is 0 Å². The molecule has 2 rings (SSSR count). The van der Waals surface area contributed by atoms with Crippen molar-refractivity contribution >= 4 is 22.7 Å². The van der Waals surface area contributed by atoms with Crippen molar-refractivity contribution < 1.29 is 4.92 Å². The maximum absolute atomic E-state index is 10.7. The van der Waals surface area contributed by atoms with Crippen LogP contribution in [0, 0.1) is 21.4 Å². The molecule has 0 unspecified atom stereocenters. The summed E-state index contributed by atoms with van der Waals surface area (Å²) >= 11 is 1.54. The Morgan fingerprint density at radius 3 is 3.00 bits per heavy atom. The maximum atomic E-state index is 10.7. The second-order valence-corrected chi connectivity index (χ2v) is 4.48. The molecule has 0 aliphatic heterocycles. The summed E-state index contributed by atoms with van der Waals surface area (Å²) in [5.41, 5.74) is 3.35. The highest BCUT2D eigenvalue weighted by molar-refractivity contribution is 7.07. The minimum atomic E-state index is -0.558. The number of aromatic nitrogens is 1. The zero-order valence-electron chi connectivity index (χ0n) is 9.87. The van der Waals surface area contributed by atoms with Gasteiger partial charge in [-0.15, -0.1) is 11.3 Å². The number of nitriles is 1. The zero-order chi connectivity index (χ0) is 13.7. The van der Waals surface area contributed by atoms with E-state index in [1.54, 1.807) is 22.9 Å². The molecule has 0 fully saturated rings. The second kappa shape index (κ2) is 5.93. The SMILES string of the molecule is N#Cc1cc(NCCc2cscn2)ccc1[N+](=O)[O-]. The lowest BCUT2D eigenvalue weighted by Gasteiger charge is -2.05. The molecule has 1 heterocycles. The Hall–Kier alpha value is -2.46. The van der Waals surface area contributed by atoms with Gasteiger partial charge in [-0.25, -0.2) is 4.98 Å². The van der Waals surface area contributed by atoms with Crippen molar-refractivity contribution in [3.63, 3.8) is 0 Å². The minimum absolute atomic E-state index is 0.0589. The van der Waals surface area contributed by atoms with E-state index in [4.69, 9.17) is 5.26 Å². The number of nitro benzene ring substituents is 1. The van der Waals surface area contributed by atoms with Gasteiger partial charge in [0, 0.05) is 30.1 Å². The molecular formula is C12H10N4O2S. The highest BCUT2D eigenvalue weighted by Gasteiger charge is 2.13. The summed E-state index contributed by atoms with van der Waals surface area (Å²) < 4.78 is 0. The predicted molar refractivity (Wildman–Crippen MR) is 72.1 cm³/mol. The third-order valence-electron chi connectivity index (χ3n) is 2.51. The minimum Gasteiger partial charge on any atom is -0.385 e. The van der Waals surface area contributed by atoms with Crippen molar-refractivity contribution in [3.8, 4) is 6.07 Å². The fourth-order valence-corrected chi connectivity index (χ4v) is 2.18. The van der Waals surface area contributed by atoms with Gasteiger partial charge in [0.25, 0.3) is 5.69 Å². The largest absolute Gasteiger partial charge is 0.385 e. The molecule has 0 atom stereocenters. The summed E-state index contributed by atoms with van der Waals surface area (Å²) in [5, 5.41) is 24.7. The van der Waals surface area contributed by atoms with Crippen molar-refractivity contribution in [2.45, 2.75) is 6.42 Å². The van der Waals surface area contributed by atoms with Crippen LogP contribution in [0.4, 0.5) is 11.4 Å². The Morgan fingerprint density at radius 1 is 1.53 bits per heavy atom. The van der Waals surface area contributed by atoms with E-state index in [0.717, 1.165) is 12.1 Å². The van der Waals surface area contributed by atoms with Gasteiger partial charge >= 0.3 is 0 Å². The molecule has 0 radical (unpaired) electrons. The van der Waals surface area contributed by atoms with E-state index in [-0.39, 0.29) is 11.3 Å². The Balaban J connectivity index is 2.01. The molecule has 0 bridgehead atoms. The van der Waals surface area contributed by atoms with E-state index in [1.807, 2.05) is 11.4 Å². The fraction of sp³-hybridized carbons (Fsp3) is 0.167. The van der Waals surface area contributed by atoms with Gasteiger partial charge in [0.2, 0.25) is 0 Å². The van der Waals surface area contributed by atoms with Crippen LogP contribution in [-0.2, 0) is 6.42 Å². The van der Waals surface area contributed by atoms with Crippen LogP contribution in [0.25, 0.3) is 0 Å². The van der Waals surface area contributed by atoms with Crippen molar-refractivity contribution in [1.29, 1.82) is 5.26 Å². The lowest BCUT2D eigenvalue weighted by molar-refractivity contribution is -0.385. The third kappa shape index (κ3) is 3.26. The highest BCUT2D eigenvalue weighted by atomic mass is 32.1. The van der Waals surface area contributed by atoms with Crippen LogP contribution in [0.2, 0.25) is 0 Å².